The predicted octanol–water partition coefficient (Wildman–Crippen LogP) is 0.0970. The third-order valence-corrected chi connectivity index (χ3v) is 3.32. The van der Waals surface area contributed by atoms with Crippen molar-refractivity contribution in [1.29, 1.82) is 0 Å². The Balaban J connectivity index is 1.94. The van der Waals surface area contributed by atoms with E-state index in [1.807, 2.05) is 6.92 Å². The maximum Gasteiger partial charge on any atom is 0.356 e. The van der Waals surface area contributed by atoms with Gasteiger partial charge in [0, 0.05) is 13.7 Å². The zero-order chi connectivity index (χ0) is 15.4. The summed E-state index contributed by atoms with van der Waals surface area (Å²) in [7, 11) is 1.57. The van der Waals surface area contributed by atoms with Crippen molar-refractivity contribution in [1.82, 2.24) is 15.3 Å². The third kappa shape index (κ3) is 3.34. The van der Waals surface area contributed by atoms with Crippen LogP contribution in [0, 0.1) is 0 Å². The molecule has 0 aliphatic heterocycles. The van der Waals surface area contributed by atoms with E-state index >= 15 is 0 Å². The number of rotatable bonds is 6. The first kappa shape index (κ1) is 15.3. The molecule has 1 aliphatic carbocycles. The van der Waals surface area contributed by atoms with Gasteiger partial charge in [-0.15, -0.1) is 0 Å². The van der Waals surface area contributed by atoms with E-state index in [0.717, 1.165) is 12.4 Å². The van der Waals surface area contributed by atoms with Crippen LogP contribution < -0.4 is 5.32 Å². The smallest absolute Gasteiger partial charge is 0.356 e. The van der Waals surface area contributed by atoms with Crippen molar-refractivity contribution in [2.75, 3.05) is 13.7 Å². The summed E-state index contributed by atoms with van der Waals surface area (Å²) in [6, 6.07) is -0.153. The van der Waals surface area contributed by atoms with Crippen molar-refractivity contribution < 1.29 is 24.2 Å². The molecule has 1 saturated carbocycles. The van der Waals surface area contributed by atoms with Crippen molar-refractivity contribution in [3.05, 3.63) is 23.8 Å². The number of nitrogens with zero attached hydrogens (tertiary/aromatic N) is 2. The Kier molecular flexibility index (Phi) is 4.81. The molecule has 1 aromatic heterocycles. The van der Waals surface area contributed by atoms with Crippen LogP contribution in [0.2, 0.25) is 0 Å². The number of carbonyl (C=O) groups is 2. The number of ether oxygens (including phenoxy) is 2. The molecule has 21 heavy (non-hydrogen) atoms. The van der Waals surface area contributed by atoms with Gasteiger partial charge in [-0.1, -0.05) is 0 Å². The number of hydrogen-bond donors (Lipinski definition) is 2. The Hall–Kier alpha value is -2.06. The van der Waals surface area contributed by atoms with Gasteiger partial charge in [-0.2, -0.15) is 0 Å². The summed E-state index contributed by atoms with van der Waals surface area (Å²) in [4.78, 5) is 30.1. The Bertz CT molecular complexity index is 519. The van der Waals surface area contributed by atoms with E-state index in [-0.39, 0.29) is 29.6 Å². The van der Waals surface area contributed by atoms with E-state index in [1.54, 1.807) is 7.11 Å². The van der Waals surface area contributed by atoms with Gasteiger partial charge in [0.1, 0.15) is 11.8 Å². The number of carboxylic acid groups (broad SMARTS) is 1. The molecule has 2 rings (SSSR count). The van der Waals surface area contributed by atoms with Crippen molar-refractivity contribution >= 4 is 11.9 Å². The summed E-state index contributed by atoms with van der Waals surface area (Å²) in [5.41, 5.74) is -0.143. The van der Waals surface area contributed by atoms with Crippen LogP contribution in [-0.4, -0.2) is 58.9 Å². The summed E-state index contributed by atoms with van der Waals surface area (Å²) in [5, 5.41) is 11.5. The Morgan fingerprint density at radius 2 is 2.05 bits per heavy atom. The fourth-order valence-corrected chi connectivity index (χ4v) is 2.21. The molecule has 1 aliphatic rings. The first-order chi connectivity index (χ1) is 10.1. The molecule has 0 saturated heterocycles. The van der Waals surface area contributed by atoms with E-state index in [0.29, 0.717) is 13.0 Å². The Morgan fingerprint density at radius 1 is 1.38 bits per heavy atom. The van der Waals surface area contributed by atoms with Crippen LogP contribution in [0.3, 0.4) is 0 Å². The van der Waals surface area contributed by atoms with Gasteiger partial charge in [0.15, 0.2) is 5.69 Å². The van der Waals surface area contributed by atoms with Gasteiger partial charge >= 0.3 is 5.97 Å². The summed E-state index contributed by atoms with van der Waals surface area (Å²) in [6.45, 7) is 2.49. The number of aromatic carboxylic acids is 1. The van der Waals surface area contributed by atoms with Crippen LogP contribution in [0.1, 0.15) is 34.3 Å². The lowest BCUT2D eigenvalue weighted by molar-refractivity contribution is -0.128. The molecular formula is C13H17N3O5. The van der Waals surface area contributed by atoms with Crippen LogP contribution in [-0.2, 0) is 9.47 Å². The van der Waals surface area contributed by atoms with Gasteiger partial charge in [0.2, 0.25) is 0 Å². The average Bonchev–Trinajstić information content (AvgIpc) is 2.46. The van der Waals surface area contributed by atoms with E-state index in [4.69, 9.17) is 14.6 Å². The number of methoxy groups -OCH3 is 1. The molecule has 0 bridgehead atoms. The largest absolute Gasteiger partial charge is 0.476 e. The Labute approximate surface area is 121 Å². The van der Waals surface area contributed by atoms with Gasteiger partial charge in [-0.05, 0) is 13.3 Å². The fourth-order valence-electron chi connectivity index (χ4n) is 2.21. The molecular weight excluding hydrogens is 278 g/mol. The van der Waals surface area contributed by atoms with Crippen molar-refractivity contribution in [2.24, 2.45) is 0 Å². The molecule has 1 aromatic rings. The number of carboxylic acids is 1. The monoisotopic (exact) mass is 295 g/mol. The number of aromatic nitrogens is 2. The lowest BCUT2D eigenvalue weighted by Crippen LogP contribution is -2.61. The van der Waals surface area contributed by atoms with Crippen molar-refractivity contribution in [3.8, 4) is 0 Å². The minimum absolute atomic E-state index is 0.0224. The van der Waals surface area contributed by atoms with E-state index in [2.05, 4.69) is 15.3 Å². The van der Waals surface area contributed by atoms with E-state index < -0.39 is 11.9 Å². The number of amides is 1. The molecule has 3 atom stereocenters. The van der Waals surface area contributed by atoms with Crippen LogP contribution in [0.4, 0.5) is 0 Å². The lowest BCUT2D eigenvalue weighted by Gasteiger charge is -2.43. The lowest BCUT2D eigenvalue weighted by atomic mass is 9.85. The molecule has 0 radical (unpaired) electrons. The first-order valence-electron chi connectivity index (χ1n) is 6.57. The van der Waals surface area contributed by atoms with Gasteiger partial charge in [0.05, 0.1) is 24.5 Å². The number of hydrogen-bond acceptors (Lipinski definition) is 6. The second kappa shape index (κ2) is 6.59. The summed E-state index contributed by atoms with van der Waals surface area (Å²) >= 11 is 0. The standard InChI is InChI=1S/C13H17N3O5/c1-3-21-10-4-7(11(10)20-2)16-12(17)8-5-15-9(6-14-8)13(18)19/h5-7,10-11H,3-4H2,1-2H3,(H,16,17)(H,18,19). The second-order valence-electron chi connectivity index (χ2n) is 4.60. The van der Waals surface area contributed by atoms with Crippen LogP contribution in [0.25, 0.3) is 0 Å². The van der Waals surface area contributed by atoms with E-state index in [9.17, 15) is 9.59 Å². The minimum Gasteiger partial charge on any atom is -0.476 e. The van der Waals surface area contributed by atoms with Crippen LogP contribution in [0.5, 0.6) is 0 Å². The van der Waals surface area contributed by atoms with Gasteiger partial charge in [-0.25, -0.2) is 14.8 Å². The highest BCUT2D eigenvalue weighted by molar-refractivity contribution is 5.93. The zero-order valence-electron chi connectivity index (χ0n) is 11.8. The molecule has 0 spiro atoms. The molecule has 3 unspecified atom stereocenters. The Morgan fingerprint density at radius 3 is 2.57 bits per heavy atom. The zero-order valence-corrected chi connectivity index (χ0v) is 11.8. The first-order valence-corrected chi connectivity index (χ1v) is 6.57. The molecule has 2 N–H and O–H groups in total. The summed E-state index contributed by atoms with van der Waals surface area (Å²) in [6.07, 6.45) is 2.64. The van der Waals surface area contributed by atoms with Gasteiger partial charge in [0.25, 0.3) is 5.91 Å². The van der Waals surface area contributed by atoms with Crippen LogP contribution >= 0.6 is 0 Å². The molecule has 0 aromatic carbocycles. The van der Waals surface area contributed by atoms with Crippen LogP contribution in [0.15, 0.2) is 12.4 Å². The highest BCUT2D eigenvalue weighted by atomic mass is 16.5. The molecule has 8 heteroatoms. The molecule has 1 fully saturated rings. The number of carbonyl (C=O) groups excluding carboxylic acids is 1. The van der Waals surface area contributed by atoms with Crippen molar-refractivity contribution in [2.45, 2.75) is 31.6 Å². The SMILES string of the molecule is CCOC1CC(NC(=O)c2cnc(C(=O)O)cn2)C1OC. The molecule has 1 heterocycles. The second-order valence-corrected chi connectivity index (χ2v) is 4.60. The maximum atomic E-state index is 12.0. The molecule has 8 nitrogen and oxygen atoms in total. The average molecular weight is 295 g/mol. The van der Waals surface area contributed by atoms with E-state index in [1.165, 1.54) is 0 Å². The molecule has 1 amide bonds. The summed E-state index contributed by atoms with van der Waals surface area (Å²) < 4.78 is 10.8. The van der Waals surface area contributed by atoms with Crippen molar-refractivity contribution in [3.63, 3.8) is 0 Å². The third-order valence-electron chi connectivity index (χ3n) is 3.32. The van der Waals surface area contributed by atoms with Gasteiger partial charge < -0.3 is 19.9 Å². The normalized spacial score (nSPS) is 24.2. The minimum atomic E-state index is -1.19. The molecule has 114 valence electrons. The topological polar surface area (TPSA) is 111 Å². The highest BCUT2D eigenvalue weighted by Gasteiger charge is 2.43. The predicted molar refractivity (Wildman–Crippen MR) is 71.1 cm³/mol. The fraction of sp³-hybridized carbons (Fsp3) is 0.538. The highest BCUT2D eigenvalue weighted by Crippen LogP contribution is 2.27. The maximum absolute atomic E-state index is 12.0. The number of nitrogens with one attached hydrogen (secondary N) is 1. The quantitative estimate of drug-likeness (QED) is 0.765. The van der Waals surface area contributed by atoms with Gasteiger partial charge in [-0.3, -0.25) is 4.79 Å². The summed E-state index contributed by atoms with van der Waals surface area (Å²) in [5.74, 6) is -1.60.